The van der Waals surface area contributed by atoms with Gasteiger partial charge in [-0.3, -0.25) is 5.32 Å². The third kappa shape index (κ3) is 3.01. The van der Waals surface area contributed by atoms with Crippen LogP contribution in [0.5, 0.6) is 0 Å². The summed E-state index contributed by atoms with van der Waals surface area (Å²) in [7, 11) is 0. The fourth-order valence-electron chi connectivity index (χ4n) is 2.20. The smallest absolute Gasteiger partial charge is 0.320 e. The van der Waals surface area contributed by atoms with Crippen molar-refractivity contribution in [2.45, 2.75) is 33.2 Å². The first-order valence-corrected chi connectivity index (χ1v) is 6.97. The molecule has 2 aromatic rings. The number of carbonyl (C=O) groups excluding carboxylic acids is 1. The van der Waals surface area contributed by atoms with Crippen LogP contribution >= 0.6 is 0 Å². The molecule has 0 bridgehead atoms. The summed E-state index contributed by atoms with van der Waals surface area (Å²) in [5, 5.41) is 9.88. The van der Waals surface area contributed by atoms with E-state index in [0.29, 0.717) is 17.7 Å². The number of anilines is 1. The standard InChI is InChI=1S/C14H18N6O/c1-8-6-11(8)18-14(21)19-12-4-5-15-20(12)13-16-9(2)7-10(3)17-13/h4-5,7-8,11H,6H2,1-3H3,(H2,18,19,21)/t8-,11+/m1/s1. The Labute approximate surface area is 122 Å². The Kier molecular flexibility index (Phi) is 3.32. The van der Waals surface area contributed by atoms with Gasteiger partial charge in [-0.05, 0) is 32.3 Å². The maximum Gasteiger partial charge on any atom is 0.320 e. The monoisotopic (exact) mass is 286 g/mol. The summed E-state index contributed by atoms with van der Waals surface area (Å²) in [6, 6.07) is 3.66. The van der Waals surface area contributed by atoms with Crippen molar-refractivity contribution < 1.29 is 4.79 Å². The maximum atomic E-state index is 11.9. The fourth-order valence-corrected chi connectivity index (χ4v) is 2.20. The SMILES string of the molecule is Cc1cc(C)nc(-n2nccc2NC(=O)N[C@H]2C[C@H]2C)n1. The molecule has 1 aliphatic carbocycles. The maximum absolute atomic E-state index is 11.9. The first-order chi connectivity index (χ1) is 10.0. The van der Waals surface area contributed by atoms with Gasteiger partial charge in [0.2, 0.25) is 0 Å². The van der Waals surface area contributed by atoms with E-state index in [9.17, 15) is 4.79 Å². The van der Waals surface area contributed by atoms with E-state index >= 15 is 0 Å². The van der Waals surface area contributed by atoms with Gasteiger partial charge in [0.05, 0.1) is 6.20 Å². The van der Waals surface area contributed by atoms with Gasteiger partial charge >= 0.3 is 6.03 Å². The van der Waals surface area contributed by atoms with Gasteiger partial charge in [-0.2, -0.15) is 9.78 Å². The van der Waals surface area contributed by atoms with Crippen LogP contribution in [0, 0.1) is 19.8 Å². The highest BCUT2D eigenvalue weighted by Crippen LogP contribution is 2.28. The van der Waals surface area contributed by atoms with Crippen molar-refractivity contribution in [2.24, 2.45) is 5.92 Å². The number of hydrogen-bond donors (Lipinski definition) is 2. The molecule has 1 saturated carbocycles. The van der Waals surface area contributed by atoms with E-state index in [0.717, 1.165) is 17.8 Å². The normalized spacial score (nSPS) is 20.1. The van der Waals surface area contributed by atoms with Gasteiger partial charge in [-0.25, -0.2) is 14.8 Å². The predicted molar refractivity (Wildman–Crippen MR) is 78.4 cm³/mol. The number of aromatic nitrogens is 4. The average Bonchev–Trinajstić information content (AvgIpc) is 2.89. The zero-order valence-corrected chi connectivity index (χ0v) is 12.3. The minimum atomic E-state index is -0.226. The van der Waals surface area contributed by atoms with Gasteiger partial charge in [0.1, 0.15) is 5.82 Å². The summed E-state index contributed by atoms with van der Waals surface area (Å²) in [6.45, 7) is 5.91. The zero-order chi connectivity index (χ0) is 15.0. The molecule has 2 aromatic heterocycles. The summed E-state index contributed by atoms with van der Waals surface area (Å²) in [5.41, 5.74) is 1.71. The highest BCUT2D eigenvalue weighted by molar-refractivity contribution is 5.88. The highest BCUT2D eigenvalue weighted by atomic mass is 16.2. The van der Waals surface area contributed by atoms with Crippen molar-refractivity contribution in [1.82, 2.24) is 25.1 Å². The lowest BCUT2D eigenvalue weighted by atomic mass is 10.4. The van der Waals surface area contributed by atoms with Crippen molar-refractivity contribution in [3.8, 4) is 5.95 Å². The third-order valence-electron chi connectivity index (χ3n) is 3.47. The van der Waals surface area contributed by atoms with Gasteiger partial charge in [0, 0.05) is 23.5 Å². The van der Waals surface area contributed by atoms with Crippen molar-refractivity contribution >= 4 is 11.8 Å². The van der Waals surface area contributed by atoms with E-state index in [2.05, 4.69) is 32.6 Å². The lowest BCUT2D eigenvalue weighted by Gasteiger charge is -2.09. The molecular formula is C14H18N6O. The average molecular weight is 286 g/mol. The van der Waals surface area contributed by atoms with Crippen LogP contribution in [-0.4, -0.2) is 31.8 Å². The molecule has 2 heterocycles. The number of aryl methyl sites for hydroxylation is 2. The van der Waals surface area contributed by atoms with Crippen LogP contribution in [0.2, 0.25) is 0 Å². The van der Waals surface area contributed by atoms with E-state index in [1.807, 2.05) is 19.9 Å². The van der Waals surface area contributed by atoms with Crippen LogP contribution in [0.25, 0.3) is 5.95 Å². The minimum Gasteiger partial charge on any atom is -0.335 e. The summed E-state index contributed by atoms with van der Waals surface area (Å²) < 4.78 is 1.52. The Bertz CT molecular complexity index is 660. The van der Waals surface area contributed by atoms with Crippen LogP contribution in [0.4, 0.5) is 10.6 Å². The van der Waals surface area contributed by atoms with E-state index in [1.54, 1.807) is 12.3 Å². The van der Waals surface area contributed by atoms with Crippen molar-refractivity contribution in [1.29, 1.82) is 0 Å². The highest BCUT2D eigenvalue weighted by Gasteiger charge is 2.33. The molecule has 0 spiro atoms. The number of nitrogens with zero attached hydrogens (tertiary/aromatic N) is 4. The quantitative estimate of drug-likeness (QED) is 0.901. The van der Waals surface area contributed by atoms with E-state index in [4.69, 9.17) is 0 Å². The molecule has 3 rings (SSSR count). The van der Waals surface area contributed by atoms with E-state index < -0.39 is 0 Å². The molecule has 1 aliphatic rings. The zero-order valence-electron chi connectivity index (χ0n) is 12.3. The first kappa shape index (κ1) is 13.5. The molecule has 1 fully saturated rings. The second kappa shape index (κ2) is 5.16. The van der Waals surface area contributed by atoms with Crippen LogP contribution in [0.15, 0.2) is 18.3 Å². The Morgan fingerprint density at radius 3 is 2.62 bits per heavy atom. The van der Waals surface area contributed by atoms with Gasteiger partial charge in [-0.15, -0.1) is 0 Å². The molecule has 0 radical (unpaired) electrons. The Morgan fingerprint density at radius 2 is 2.00 bits per heavy atom. The summed E-state index contributed by atoms with van der Waals surface area (Å²) in [6.07, 6.45) is 2.64. The van der Waals surface area contributed by atoms with Crippen LogP contribution in [0.3, 0.4) is 0 Å². The molecule has 0 aromatic carbocycles. The Hall–Kier alpha value is -2.44. The largest absolute Gasteiger partial charge is 0.335 e. The number of rotatable bonds is 3. The van der Waals surface area contributed by atoms with Crippen LogP contribution < -0.4 is 10.6 Å². The molecule has 110 valence electrons. The Balaban J connectivity index is 1.78. The molecule has 0 saturated heterocycles. The molecule has 2 N–H and O–H groups in total. The predicted octanol–water partition coefficient (Wildman–Crippen LogP) is 1.81. The summed E-state index contributed by atoms with van der Waals surface area (Å²) in [5.74, 6) is 1.56. The topological polar surface area (TPSA) is 84.7 Å². The summed E-state index contributed by atoms with van der Waals surface area (Å²) >= 11 is 0. The third-order valence-corrected chi connectivity index (χ3v) is 3.47. The number of carbonyl (C=O) groups is 1. The molecule has 21 heavy (non-hydrogen) atoms. The number of urea groups is 1. The van der Waals surface area contributed by atoms with Crippen LogP contribution in [-0.2, 0) is 0 Å². The minimum absolute atomic E-state index is 0.226. The van der Waals surface area contributed by atoms with Crippen molar-refractivity contribution in [2.75, 3.05) is 5.32 Å². The summed E-state index contributed by atoms with van der Waals surface area (Å²) in [4.78, 5) is 20.6. The molecule has 7 heteroatoms. The Morgan fingerprint density at radius 1 is 1.33 bits per heavy atom. The van der Waals surface area contributed by atoms with E-state index in [-0.39, 0.29) is 12.1 Å². The molecule has 0 unspecified atom stereocenters. The van der Waals surface area contributed by atoms with Gasteiger partial charge in [0.25, 0.3) is 5.95 Å². The molecule has 7 nitrogen and oxygen atoms in total. The number of nitrogens with one attached hydrogen (secondary N) is 2. The molecule has 2 amide bonds. The second-order valence-electron chi connectivity index (χ2n) is 5.50. The molecular weight excluding hydrogens is 268 g/mol. The van der Waals surface area contributed by atoms with E-state index in [1.165, 1.54) is 4.68 Å². The molecule has 2 atom stereocenters. The molecule has 0 aliphatic heterocycles. The van der Waals surface area contributed by atoms with Crippen LogP contribution in [0.1, 0.15) is 24.7 Å². The van der Waals surface area contributed by atoms with Gasteiger partial charge in [0.15, 0.2) is 0 Å². The number of hydrogen-bond acceptors (Lipinski definition) is 4. The lowest BCUT2D eigenvalue weighted by Crippen LogP contribution is -2.32. The van der Waals surface area contributed by atoms with Gasteiger partial charge < -0.3 is 5.32 Å². The van der Waals surface area contributed by atoms with Gasteiger partial charge in [-0.1, -0.05) is 6.92 Å². The second-order valence-corrected chi connectivity index (χ2v) is 5.50. The van der Waals surface area contributed by atoms with Crippen molar-refractivity contribution in [3.05, 3.63) is 29.7 Å². The van der Waals surface area contributed by atoms with Crippen molar-refractivity contribution in [3.63, 3.8) is 0 Å². The lowest BCUT2D eigenvalue weighted by molar-refractivity contribution is 0.251. The number of amides is 2. The first-order valence-electron chi connectivity index (χ1n) is 6.97. The fraction of sp³-hybridized carbons (Fsp3) is 0.429.